The van der Waals surface area contributed by atoms with Crippen molar-refractivity contribution in [3.05, 3.63) is 29.8 Å². The number of nitrogens with two attached hydrogens (primary N) is 2. The highest BCUT2D eigenvalue weighted by molar-refractivity contribution is 5.90. The van der Waals surface area contributed by atoms with Crippen molar-refractivity contribution in [1.29, 1.82) is 0 Å². The number of unbranched alkanes of at least 4 members (excludes halogenated alkanes) is 1. The normalized spacial score (nSPS) is 10.8. The van der Waals surface area contributed by atoms with E-state index in [1.165, 1.54) is 12.8 Å². The molecule has 0 aliphatic carbocycles. The number of ether oxygens (including phenoxy) is 1. The van der Waals surface area contributed by atoms with E-state index in [1.807, 2.05) is 0 Å². The number of hydrogen-bond acceptors (Lipinski definition) is 3. The van der Waals surface area contributed by atoms with E-state index in [0.29, 0.717) is 17.9 Å². The summed E-state index contributed by atoms with van der Waals surface area (Å²) in [6.07, 6.45) is 2.35. The lowest BCUT2D eigenvalue weighted by molar-refractivity contribution is -0.722. The van der Waals surface area contributed by atoms with Gasteiger partial charge in [0.15, 0.2) is 0 Å². The molecule has 0 amide bonds. The van der Waals surface area contributed by atoms with Gasteiger partial charge in [-0.15, -0.1) is 0 Å². The summed E-state index contributed by atoms with van der Waals surface area (Å²) in [5, 5.41) is 2.23. The van der Waals surface area contributed by atoms with Crippen molar-refractivity contribution in [2.45, 2.75) is 39.2 Å². The number of benzene rings is 1. The number of halogens is 1. The van der Waals surface area contributed by atoms with Crippen LogP contribution in [0.3, 0.4) is 0 Å². The van der Waals surface area contributed by atoms with Crippen LogP contribution >= 0.6 is 0 Å². The zero-order valence-corrected chi connectivity index (χ0v) is 13.2. The smallest absolute Gasteiger partial charge is 0.338 e. The van der Waals surface area contributed by atoms with Gasteiger partial charge < -0.3 is 28.2 Å². The predicted molar refractivity (Wildman–Crippen MR) is 76.9 cm³/mol. The Bertz CT molecular complexity index is 422. The van der Waals surface area contributed by atoms with Crippen LogP contribution in [0.1, 0.15) is 44.0 Å². The SMILES string of the molecule is CCCC[NH2+]C(C)(C)COC(=O)c1cccc(N)c1.[Cl-]. The van der Waals surface area contributed by atoms with Gasteiger partial charge in [0.1, 0.15) is 12.1 Å². The topological polar surface area (TPSA) is 68.9 Å². The minimum Gasteiger partial charge on any atom is -1.00 e. The van der Waals surface area contributed by atoms with E-state index in [4.69, 9.17) is 10.5 Å². The molecule has 0 saturated heterocycles. The summed E-state index contributed by atoms with van der Waals surface area (Å²) in [7, 11) is 0. The summed E-state index contributed by atoms with van der Waals surface area (Å²) in [5.41, 5.74) is 6.63. The fourth-order valence-electron chi connectivity index (χ4n) is 1.76. The second kappa shape index (κ2) is 8.82. The number of anilines is 1. The Kier molecular flexibility index (Phi) is 8.26. The molecule has 1 aromatic carbocycles. The standard InChI is InChI=1S/C15H24N2O2.ClH/c1-4-5-9-17-15(2,3)11-19-14(18)12-7-6-8-13(16)10-12;/h6-8,10,17H,4-5,9,11,16H2,1-3H3;1H. The van der Waals surface area contributed by atoms with Gasteiger partial charge in [-0.3, -0.25) is 0 Å². The van der Waals surface area contributed by atoms with Gasteiger partial charge in [0.05, 0.1) is 12.1 Å². The molecule has 0 heterocycles. The lowest BCUT2D eigenvalue weighted by atomic mass is 10.1. The van der Waals surface area contributed by atoms with Crippen LogP contribution in [-0.2, 0) is 4.74 Å². The zero-order valence-electron chi connectivity index (χ0n) is 12.5. The summed E-state index contributed by atoms with van der Waals surface area (Å²) in [4.78, 5) is 11.9. The Hall–Kier alpha value is -1.26. The summed E-state index contributed by atoms with van der Waals surface area (Å²) in [6, 6.07) is 6.85. The third-order valence-electron chi connectivity index (χ3n) is 2.95. The molecule has 5 heteroatoms. The first-order chi connectivity index (χ1) is 8.94. The fourth-order valence-corrected chi connectivity index (χ4v) is 1.76. The second-order valence-corrected chi connectivity index (χ2v) is 5.54. The fraction of sp³-hybridized carbons (Fsp3) is 0.533. The van der Waals surface area contributed by atoms with Crippen LogP contribution in [0.15, 0.2) is 24.3 Å². The number of carbonyl (C=O) groups excluding carboxylic acids is 1. The van der Waals surface area contributed by atoms with Gasteiger partial charge in [-0.1, -0.05) is 19.4 Å². The second-order valence-electron chi connectivity index (χ2n) is 5.54. The van der Waals surface area contributed by atoms with Gasteiger partial charge >= 0.3 is 5.97 Å². The molecule has 1 aromatic rings. The Labute approximate surface area is 127 Å². The highest BCUT2D eigenvalue weighted by Crippen LogP contribution is 2.09. The minimum absolute atomic E-state index is 0. The molecule has 4 nitrogen and oxygen atoms in total. The number of carbonyl (C=O) groups is 1. The number of nitrogen functional groups attached to an aromatic ring is 1. The Morgan fingerprint density at radius 1 is 1.40 bits per heavy atom. The van der Waals surface area contributed by atoms with Crippen molar-refractivity contribution < 1.29 is 27.3 Å². The molecule has 0 fully saturated rings. The van der Waals surface area contributed by atoms with E-state index in [0.717, 1.165) is 6.54 Å². The van der Waals surface area contributed by atoms with Crippen molar-refractivity contribution in [2.24, 2.45) is 0 Å². The van der Waals surface area contributed by atoms with E-state index in [2.05, 4.69) is 26.1 Å². The Morgan fingerprint density at radius 3 is 2.70 bits per heavy atom. The first kappa shape index (κ1) is 18.7. The molecule has 0 aromatic heterocycles. The summed E-state index contributed by atoms with van der Waals surface area (Å²) in [6.45, 7) is 7.77. The van der Waals surface area contributed by atoms with Crippen LogP contribution in [-0.4, -0.2) is 24.7 Å². The van der Waals surface area contributed by atoms with Gasteiger partial charge in [-0.25, -0.2) is 4.79 Å². The molecule has 0 aliphatic heterocycles. The predicted octanol–water partition coefficient (Wildman–Crippen LogP) is -1.43. The van der Waals surface area contributed by atoms with Crippen LogP contribution < -0.4 is 23.5 Å². The van der Waals surface area contributed by atoms with E-state index < -0.39 is 0 Å². The summed E-state index contributed by atoms with van der Waals surface area (Å²) in [5.74, 6) is -0.315. The maximum absolute atomic E-state index is 11.9. The van der Waals surface area contributed by atoms with Crippen molar-refractivity contribution in [1.82, 2.24) is 0 Å². The van der Waals surface area contributed by atoms with Gasteiger partial charge in [-0.05, 0) is 38.5 Å². The van der Waals surface area contributed by atoms with Crippen molar-refractivity contribution in [3.63, 3.8) is 0 Å². The molecule has 4 N–H and O–H groups in total. The highest BCUT2D eigenvalue weighted by atomic mass is 35.5. The highest BCUT2D eigenvalue weighted by Gasteiger charge is 2.23. The molecule has 20 heavy (non-hydrogen) atoms. The molecule has 0 spiro atoms. The number of rotatable bonds is 7. The number of quaternary nitrogens is 1. The average Bonchev–Trinajstić information content (AvgIpc) is 2.36. The summed E-state index contributed by atoms with van der Waals surface area (Å²) < 4.78 is 5.35. The van der Waals surface area contributed by atoms with Gasteiger partial charge in [-0.2, -0.15) is 0 Å². The van der Waals surface area contributed by atoms with Crippen LogP contribution in [0.4, 0.5) is 5.69 Å². The minimum atomic E-state index is -0.315. The van der Waals surface area contributed by atoms with E-state index in [9.17, 15) is 4.79 Å². The maximum Gasteiger partial charge on any atom is 0.338 e. The van der Waals surface area contributed by atoms with Crippen LogP contribution in [0.25, 0.3) is 0 Å². The maximum atomic E-state index is 11.9. The third-order valence-corrected chi connectivity index (χ3v) is 2.95. The van der Waals surface area contributed by atoms with Gasteiger partial charge in [0.25, 0.3) is 0 Å². The average molecular weight is 301 g/mol. The first-order valence-electron chi connectivity index (χ1n) is 6.81. The largest absolute Gasteiger partial charge is 1.00 e. The van der Waals surface area contributed by atoms with E-state index in [-0.39, 0.29) is 23.9 Å². The molecular formula is C15H25ClN2O2. The molecule has 114 valence electrons. The number of hydrogen-bond donors (Lipinski definition) is 2. The molecular weight excluding hydrogens is 276 g/mol. The molecule has 0 radical (unpaired) electrons. The van der Waals surface area contributed by atoms with E-state index in [1.54, 1.807) is 24.3 Å². The molecule has 0 aliphatic rings. The lowest BCUT2D eigenvalue weighted by Gasteiger charge is -2.22. The monoisotopic (exact) mass is 300 g/mol. The molecule has 0 saturated carbocycles. The lowest BCUT2D eigenvalue weighted by Crippen LogP contribution is -3.00. The first-order valence-corrected chi connectivity index (χ1v) is 6.81. The van der Waals surface area contributed by atoms with Gasteiger partial charge in [0, 0.05) is 5.69 Å². The van der Waals surface area contributed by atoms with Crippen LogP contribution in [0, 0.1) is 0 Å². The van der Waals surface area contributed by atoms with E-state index >= 15 is 0 Å². The zero-order chi connectivity index (χ0) is 14.3. The molecule has 0 bridgehead atoms. The van der Waals surface area contributed by atoms with Crippen molar-refractivity contribution in [2.75, 3.05) is 18.9 Å². The van der Waals surface area contributed by atoms with Gasteiger partial charge in [0.2, 0.25) is 0 Å². The number of esters is 1. The third kappa shape index (κ3) is 6.78. The molecule has 1 rings (SSSR count). The van der Waals surface area contributed by atoms with Crippen LogP contribution in [0.5, 0.6) is 0 Å². The Morgan fingerprint density at radius 2 is 2.10 bits per heavy atom. The Balaban J connectivity index is 0.00000361. The molecule has 0 unspecified atom stereocenters. The summed E-state index contributed by atoms with van der Waals surface area (Å²) >= 11 is 0. The van der Waals surface area contributed by atoms with Crippen LogP contribution in [0.2, 0.25) is 0 Å². The van der Waals surface area contributed by atoms with Crippen molar-refractivity contribution in [3.8, 4) is 0 Å². The molecule has 0 atom stereocenters. The quantitative estimate of drug-likeness (QED) is 0.369. The van der Waals surface area contributed by atoms with Crippen molar-refractivity contribution >= 4 is 11.7 Å².